The summed E-state index contributed by atoms with van der Waals surface area (Å²) in [5.41, 5.74) is 0. The van der Waals surface area contributed by atoms with Crippen LogP contribution in [0, 0.1) is 17.8 Å². The fourth-order valence-corrected chi connectivity index (χ4v) is 2.97. The van der Waals surface area contributed by atoms with Crippen LogP contribution in [-0.4, -0.2) is 22.8 Å². The molecule has 0 radical (unpaired) electrons. The number of aliphatic hydroxyl groups excluding tert-OH is 1. The molecule has 0 spiro atoms. The molecular formula is C20H38O3. The predicted octanol–water partition coefficient (Wildman–Crippen LogP) is 4.94. The van der Waals surface area contributed by atoms with Crippen LogP contribution >= 0.6 is 0 Å². The van der Waals surface area contributed by atoms with Crippen molar-refractivity contribution in [1.82, 2.24) is 0 Å². The molecule has 1 N–H and O–H groups in total. The van der Waals surface area contributed by atoms with Crippen LogP contribution in [0.15, 0.2) is 0 Å². The van der Waals surface area contributed by atoms with Crippen molar-refractivity contribution in [3.05, 3.63) is 0 Å². The Morgan fingerprint density at radius 3 is 1.65 bits per heavy atom. The summed E-state index contributed by atoms with van der Waals surface area (Å²) in [5.74, 6) is 1.64. The van der Waals surface area contributed by atoms with Crippen LogP contribution in [0.25, 0.3) is 0 Å². The number of ketones is 2. The van der Waals surface area contributed by atoms with Gasteiger partial charge in [0.05, 0.1) is 0 Å². The van der Waals surface area contributed by atoms with Crippen LogP contribution < -0.4 is 0 Å². The van der Waals surface area contributed by atoms with E-state index in [1.165, 1.54) is 25.7 Å². The number of rotatable bonds is 2. The monoisotopic (exact) mass is 326 g/mol. The van der Waals surface area contributed by atoms with Crippen LogP contribution in [0.2, 0.25) is 0 Å². The summed E-state index contributed by atoms with van der Waals surface area (Å²) >= 11 is 0. The number of Topliss-reactive ketones (excluding diaryl/α,β-unsaturated/α-hetero) is 2. The fraction of sp³-hybridized carbons (Fsp3) is 0.900. The number of hydrogen-bond acceptors (Lipinski definition) is 3. The molecule has 4 atom stereocenters. The van der Waals surface area contributed by atoms with Gasteiger partial charge in [-0.15, -0.1) is 0 Å². The third-order valence-corrected chi connectivity index (χ3v) is 5.10. The summed E-state index contributed by atoms with van der Waals surface area (Å²) in [5, 5.41) is 9.10. The van der Waals surface area contributed by atoms with Gasteiger partial charge in [-0.1, -0.05) is 53.9 Å². The zero-order chi connectivity index (χ0) is 17.8. The molecule has 0 saturated heterocycles. The molecule has 0 aromatic heterocycles. The largest absolute Gasteiger partial charge is 0.385 e. The topological polar surface area (TPSA) is 54.4 Å². The minimum Gasteiger partial charge on any atom is -0.385 e. The summed E-state index contributed by atoms with van der Waals surface area (Å²) in [4.78, 5) is 21.8. The van der Waals surface area contributed by atoms with E-state index in [-0.39, 0.29) is 11.7 Å². The molecule has 2 fully saturated rings. The first-order valence-corrected chi connectivity index (χ1v) is 9.58. The van der Waals surface area contributed by atoms with Gasteiger partial charge in [0.15, 0.2) is 5.78 Å². The van der Waals surface area contributed by atoms with Crippen molar-refractivity contribution in [2.75, 3.05) is 0 Å². The lowest BCUT2D eigenvalue weighted by Gasteiger charge is -2.23. The molecule has 2 saturated carbocycles. The summed E-state index contributed by atoms with van der Waals surface area (Å²) < 4.78 is 0. The van der Waals surface area contributed by atoms with Crippen LogP contribution in [0.3, 0.4) is 0 Å². The Bertz CT molecular complexity index is 306. The Hall–Kier alpha value is -0.700. The third-order valence-electron chi connectivity index (χ3n) is 5.10. The van der Waals surface area contributed by atoms with Crippen LogP contribution in [0.5, 0.6) is 0 Å². The standard InChI is InChI=1S/C8H14O.C7H12O2.C5H12/c1-6-4-3-5-8(9)7(6)2;1-5-3-2-4-6(8)7(5)9;1-3-5-4-2/h6-7H,3-5H2,1-2H3;5,7,9H,2-4H2,1H3;3-5H2,1-2H3. The van der Waals surface area contributed by atoms with E-state index in [0.717, 1.165) is 25.7 Å². The first-order valence-electron chi connectivity index (χ1n) is 9.58. The number of unbranched alkanes of at least 4 members (excludes halogenated alkanes) is 2. The Morgan fingerprint density at radius 2 is 1.35 bits per heavy atom. The van der Waals surface area contributed by atoms with E-state index in [9.17, 15) is 9.59 Å². The van der Waals surface area contributed by atoms with Crippen LogP contribution in [0.4, 0.5) is 0 Å². The van der Waals surface area contributed by atoms with Crippen LogP contribution in [0.1, 0.15) is 92.4 Å². The lowest BCUT2D eigenvalue weighted by atomic mass is 9.81. The summed E-state index contributed by atoms with van der Waals surface area (Å²) in [6.45, 7) is 10.6. The Morgan fingerprint density at radius 1 is 0.870 bits per heavy atom. The number of hydrogen-bond donors (Lipinski definition) is 1. The normalized spacial score (nSPS) is 30.7. The van der Waals surface area contributed by atoms with Crippen molar-refractivity contribution in [2.24, 2.45) is 17.8 Å². The Labute approximate surface area is 143 Å². The maximum Gasteiger partial charge on any atom is 0.161 e. The molecule has 2 aliphatic carbocycles. The minimum atomic E-state index is -0.668. The van der Waals surface area contributed by atoms with Gasteiger partial charge in [0, 0.05) is 18.8 Å². The molecule has 3 nitrogen and oxygen atoms in total. The molecule has 0 aliphatic heterocycles. The lowest BCUT2D eigenvalue weighted by molar-refractivity contribution is -0.132. The van der Waals surface area contributed by atoms with Gasteiger partial charge >= 0.3 is 0 Å². The Balaban J connectivity index is 0.000000332. The molecule has 0 bridgehead atoms. The second-order valence-electron chi connectivity index (χ2n) is 7.26. The molecule has 136 valence electrons. The van der Waals surface area contributed by atoms with Gasteiger partial charge in [0.25, 0.3) is 0 Å². The fourth-order valence-electron chi connectivity index (χ4n) is 2.97. The zero-order valence-corrected chi connectivity index (χ0v) is 15.9. The minimum absolute atomic E-state index is 0.0220. The second-order valence-corrected chi connectivity index (χ2v) is 7.26. The van der Waals surface area contributed by atoms with Gasteiger partial charge in [-0.2, -0.15) is 0 Å². The molecule has 0 heterocycles. The van der Waals surface area contributed by atoms with Crippen molar-refractivity contribution in [3.63, 3.8) is 0 Å². The van der Waals surface area contributed by atoms with E-state index in [0.29, 0.717) is 24.0 Å². The average Bonchev–Trinajstić information content (AvgIpc) is 2.52. The SMILES string of the molecule is CC1CCCC(=O)C1C.CC1CCCC(=O)C1O.CCCCC. The highest BCUT2D eigenvalue weighted by atomic mass is 16.3. The van der Waals surface area contributed by atoms with E-state index in [4.69, 9.17) is 5.11 Å². The van der Waals surface area contributed by atoms with Gasteiger partial charge in [-0.05, 0) is 37.5 Å². The maximum atomic E-state index is 11.0. The third kappa shape index (κ3) is 9.24. The Kier molecular flexibility index (Phi) is 12.3. The summed E-state index contributed by atoms with van der Waals surface area (Å²) in [6, 6.07) is 0. The van der Waals surface area contributed by atoms with Crippen LogP contribution in [-0.2, 0) is 9.59 Å². The van der Waals surface area contributed by atoms with Crippen molar-refractivity contribution in [2.45, 2.75) is 98.5 Å². The number of aliphatic hydroxyl groups is 1. The average molecular weight is 327 g/mol. The molecule has 4 unspecified atom stereocenters. The first-order chi connectivity index (χ1) is 10.8. The molecule has 0 amide bonds. The second kappa shape index (κ2) is 12.7. The van der Waals surface area contributed by atoms with Crippen molar-refractivity contribution < 1.29 is 14.7 Å². The smallest absolute Gasteiger partial charge is 0.161 e. The number of carbonyl (C=O) groups excluding carboxylic acids is 2. The predicted molar refractivity (Wildman–Crippen MR) is 96.4 cm³/mol. The molecular weight excluding hydrogens is 288 g/mol. The van der Waals surface area contributed by atoms with E-state index < -0.39 is 6.10 Å². The van der Waals surface area contributed by atoms with Gasteiger partial charge < -0.3 is 5.11 Å². The summed E-state index contributed by atoms with van der Waals surface area (Å²) in [6.07, 6.45) is 9.12. The van der Waals surface area contributed by atoms with Crippen molar-refractivity contribution in [1.29, 1.82) is 0 Å². The van der Waals surface area contributed by atoms with Gasteiger partial charge in [0.2, 0.25) is 0 Å². The molecule has 0 aromatic carbocycles. The highest BCUT2D eigenvalue weighted by molar-refractivity contribution is 5.83. The van der Waals surface area contributed by atoms with Gasteiger partial charge in [-0.3, -0.25) is 9.59 Å². The van der Waals surface area contributed by atoms with E-state index >= 15 is 0 Å². The quantitative estimate of drug-likeness (QED) is 0.781. The van der Waals surface area contributed by atoms with Crippen molar-refractivity contribution >= 4 is 11.6 Å². The van der Waals surface area contributed by atoms with E-state index in [1.54, 1.807) is 0 Å². The molecule has 2 rings (SSSR count). The molecule has 2 aliphatic rings. The molecule has 0 aromatic rings. The first kappa shape index (κ1) is 22.3. The van der Waals surface area contributed by atoms with E-state index in [2.05, 4.69) is 20.8 Å². The highest BCUT2D eigenvalue weighted by Gasteiger charge is 2.26. The van der Waals surface area contributed by atoms with Crippen molar-refractivity contribution in [3.8, 4) is 0 Å². The summed E-state index contributed by atoms with van der Waals surface area (Å²) in [7, 11) is 0. The molecule has 23 heavy (non-hydrogen) atoms. The van der Waals surface area contributed by atoms with Gasteiger partial charge in [-0.25, -0.2) is 0 Å². The van der Waals surface area contributed by atoms with Gasteiger partial charge in [0.1, 0.15) is 11.9 Å². The molecule has 3 heteroatoms. The maximum absolute atomic E-state index is 11.0. The highest BCUT2D eigenvalue weighted by Crippen LogP contribution is 2.25. The lowest BCUT2D eigenvalue weighted by Crippen LogP contribution is -2.31. The van der Waals surface area contributed by atoms with E-state index in [1.807, 2.05) is 13.8 Å². The zero-order valence-electron chi connectivity index (χ0n) is 15.9. The number of carbonyl (C=O) groups is 2.